The Labute approximate surface area is 169 Å². The molecule has 30 heavy (non-hydrogen) atoms. The molecule has 5 nitrogen and oxygen atoms in total. The maximum Gasteiger partial charge on any atom is 0.434 e. The number of piperidine rings is 1. The number of benzene rings is 1. The summed E-state index contributed by atoms with van der Waals surface area (Å²) in [5, 5.41) is 9.63. The van der Waals surface area contributed by atoms with Gasteiger partial charge in [-0.25, -0.2) is 4.79 Å². The minimum Gasteiger partial charge on any atom is -0.508 e. The number of alkyl halides is 6. The highest BCUT2D eigenvalue weighted by molar-refractivity contribution is 5.68. The van der Waals surface area contributed by atoms with E-state index in [1.165, 1.54) is 0 Å². The van der Waals surface area contributed by atoms with Crippen molar-refractivity contribution in [3.63, 3.8) is 0 Å². The van der Waals surface area contributed by atoms with Gasteiger partial charge in [-0.3, -0.25) is 4.90 Å². The number of nitrogens with zero attached hydrogens (tertiary/aromatic N) is 2. The molecule has 1 amide bonds. The molecule has 1 aromatic rings. The standard InChI is InChI=1S/C19H22F6N2O3/c20-18(21,22)15(19(23,24)25)30-16(29)26-9-6-17(7-10-26)5-2-8-27(17)12-13-3-1-4-14(28)11-13/h1,3-4,11,15,28H,2,5-10,12H2. The van der Waals surface area contributed by atoms with Gasteiger partial charge in [0.1, 0.15) is 5.75 Å². The van der Waals surface area contributed by atoms with Gasteiger partial charge in [-0.15, -0.1) is 0 Å². The van der Waals surface area contributed by atoms with Crippen LogP contribution in [0, 0.1) is 0 Å². The largest absolute Gasteiger partial charge is 0.508 e. The maximum atomic E-state index is 12.6. The Balaban J connectivity index is 1.62. The fourth-order valence-electron chi connectivity index (χ4n) is 4.28. The molecule has 0 saturated carbocycles. The van der Waals surface area contributed by atoms with Crippen LogP contribution in [0.2, 0.25) is 0 Å². The number of rotatable bonds is 3. The summed E-state index contributed by atoms with van der Waals surface area (Å²) in [7, 11) is 0. The number of aromatic hydroxyl groups is 1. The Morgan fingerprint density at radius 3 is 2.27 bits per heavy atom. The van der Waals surface area contributed by atoms with Crippen molar-refractivity contribution in [1.82, 2.24) is 9.80 Å². The lowest BCUT2D eigenvalue weighted by Crippen LogP contribution is -2.54. The molecule has 2 aliphatic heterocycles. The molecule has 0 atom stereocenters. The first kappa shape index (κ1) is 22.5. The van der Waals surface area contributed by atoms with Gasteiger partial charge in [0, 0.05) is 25.2 Å². The van der Waals surface area contributed by atoms with Gasteiger partial charge in [0.05, 0.1) is 0 Å². The Hall–Kier alpha value is -2.17. The van der Waals surface area contributed by atoms with Gasteiger partial charge in [0.15, 0.2) is 0 Å². The monoisotopic (exact) mass is 440 g/mol. The summed E-state index contributed by atoms with van der Waals surface area (Å²) in [6, 6.07) is 6.80. The molecule has 1 aromatic carbocycles. The van der Waals surface area contributed by atoms with Crippen molar-refractivity contribution in [2.45, 2.75) is 56.2 Å². The van der Waals surface area contributed by atoms with Gasteiger partial charge in [-0.2, -0.15) is 26.3 Å². The molecule has 0 unspecified atom stereocenters. The van der Waals surface area contributed by atoms with Crippen molar-refractivity contribution < 1.29 is 41.0 Å². The third-order valence-corrected chi connectivity index (χ3v) is 5.79. The Morgan fingerprint density at radius 1 is 1.07 bits per heavy atom. The van der Waals surface area contributed by atoms with Crippen molar-refractivity contribution in [2.75, 3.05) is 19.6 Å². The van der Waals surface area contributed by atoms with Crippen LogP contribution in [0.25, 0.3) is 0 Å². The molecule has 168 valence electrons. The van der Waals surface area contributed by atoms with E-state index in [0.29, 0.717) is 19.4 Å². The molecule has 1 N–H and O–H groups in total. The molecule has 0 aromatic heterocycles. The smallest absolute Gasteiger partial charge is 0.434 e. The van der Waals surface area contributed by atoms with Crippen molar-refractivity contribution in [3.05, 3.63) is 29.8 Å². The van der Waals surface area contributed by atoms with Crippen molar-refractivity contribution >= 4 is 6.09 Å². The van der Waals surface area contributed by atoms with Gasteiger partial charge in [-0.1, -0.05) is 12.1 Å². The molecular formula is C19H22F6N2O3. The maximum absolute atomic E-state index is 12.6. The summed E-state index contributed by atoms with van der Waals surface area (Å²) in [6.45, 7) is 1.36. The summed E-state index contributed by atoms with van der Waals surface area (Å²) < 4.78 is 79.6. The molecule has 3 rings (SSSR count). The highest BCUT2D eigenvalue weighted by Crippen LogP contribution is 2.40. The van der Waals surface area contributed by atoms with Gasteiger partial charge < -0.3 is 14.7 Å². The molecular weight excluding hydrogens is 418 g/mol. The number of amides is 1. The van der Waals surface area contributed by atoms with Gasteiger partial charge in [-0.05, 0) is 49.9 Å². The number of carbonyl (C=O) groups is 1. The summed E-state index contributed by atoms with van der Waals surface area (Å²) in [4.78, 5) is 15.1. The van der Waals surface area contributed by atoms with E-state index < -0.39 is 24.5 Å². The minimum atomic E-state index is -5.73. The number of hydrogen-bond acceptors (Lipinski definition) is 4. The van der Waals surface area contributed by atoms with Crippen LogP contribution in [0.1, 0.15) is 31.2 Å². The summed E-state index contributed by atoms with van der Waals surface area (Å²) in [5.74, 6) is 0.141. The second kappa shape index (κ2) is 8.16. The van der Waals surface area contributed by atoms with Crippen LogP contribution in [-0.4, -0.2) is 64.6 Å². The number of hydrogen-bond donors (Lipinski definition) is 1. The van der Waals surface area contributed by atoms with Crippen LogP contribution in [0.4, 0.5) is 31.1 Å². The topological polar surface area (TPSA) is 53.0 Å². The fourth-order valence-corrected chi connectivity index (χ4v) is 4.28. The zero-order valence-electron chi connectivity index (χ0n) is 16.0. The lowest BCUT2D eigenvalue weighted by atomic mass is 9.85. The molecule has 0 radical (unpaired) electrons. The van der Waals surface area contributed by atoms with Crippen LogP contribution in [0.5, 0.6) is 5.75 Å². The third-order valence-electron chi connectivity index (χ3n) is 5.79. The van der Waals surface area contributed by atoms with Crippen molar-refractivity contribution in [2.24, 2.45) is 0 Å². The second-order valence-corrected chi connectivity index (χ2v) is 7.75. The van der Waals surface area contributed by atoms with Gasteiger partial charge >= 0.3 is 18.4 Å². The first-order valence-corrected chi connectivity index (χ1v) is 9.53. The average Bonchev–Trinajstić information content (AvgIpc) is 3.00. The molecule has 2 fully saturated rings. The fraction of sp³-hybridized carbons (Fsp3) is 0.632. The lowest BCUT2D eigenvalue weighted by molar-refractivity contribution is -0.308. The predicted molar refractivity (Wildman–Crippen MR) is 93.7 cm³/mol. The van der Waals surface area contributed by atoms with E-state index in [1.807, 2.05) is 6.07 Å². The van der Waals surface area contributed by atoms with Gasteiger partial charge in [0.2, 0.25) is 0 Å². The van der Waals surface area contributed by atoms with E-state index in [1.54, 1.807) is 18.2 Å². The Kier molecular flexibility index (Phi) is 6.13. The van der Waals surface area contributed by atoms with Crippen LogP contribution in [0.15, 0.2) is 24.3 Å². The first-order valence-electron chi connectivity index (χ1n) is 9.53. The SMILES string of the molecule is O=C(OC(C(F)(F)F)C(F)(F)F)N1CCC2(CCCN2Cc2cccc(O)c2)CC1. The number of phenols is 1. The third kappa shape index (κ3) is 4.93. The van der Waals surface area contributed by atoms with E-state index in [-0.39, 0.29) is 24.4 Å². The number of carbonyl (C=O) groups excluding carboxylic acids is 1. The number of halogens is 6. The Morgan fingerprint density at radius 2 is 1.70 bits per heavy atom. The second-order valence-electron chi connectivity index (χ2n) is 7.75. The minimum absolute atomic E-state index is 0.0117. The normalized spacial score (nSPS) is 20.2. The van der Waals surface area contributed by atoms with Crippen molar-refractivity contribution in [3.8, 4) is 5.75 Å². The van der Waals surface area contributed by atoms with Crippen molar-refractivity contribution in [1.29, 1.82) is 0 Å². The van der Waals surface area contributed by atoms with Crippen LogP contribution < -0.4 is 0 Å². The highest BCUT2D eigenvalue weighted by Gasteiger charge is 2.60. The first-order chi connectivity index (χ1) is 13.9. The van der Waals surface area contributed by atoms with E-state index >= 15 is 0 Å². The van der Waals surface area contributed by atoms with Crippen LogP contribution >= 0.6 is 0 Å². The molecule has 2 aliphatic rings. The van der Waals surface area contributed by atoms with Crippen LogP contribution in [-0.2, 0) is 11.3 Å². The zero-order valence-corrected chi connectivity index (χ0v) is 16.0. The number of phenolic OH excluding ortho intramolecular Hbond substituents is 1. The summed E-state index contributed by atoms with van der Waals surface area (Å²) in [6.07, 6.45) is -14.6. The highest BCUT2D eigenvalue weighted by atomic mass is 19.4. The lowest BCUT2D eigenvalue weighted by Gasteiger charge is -2.45. The molecule has 2 heterocycles. The molecule has 0 bridgehead atoms. The summed E-state index contributed by atoms with van der Waals surface area (Å²) in [5.41, 5.74) is 0.617. The van der Waals surface area contributed by atoms with E-state index in [9.17, 15) is 36.2 Å². The molecule has 11 heteroatoms. The van der Waals surface area contributed by atoms with Crippen LogP contribution in [0.3, 0.4) is 0 Å². The van der Waals surface area contributed by atoms with E-state index in [2.05, 4.69) is 9.64 Å². The van der Waals surface area contributed by atoms with E-state index in [0.717, 1.165) is 29.8 Å². The number of likely N-dealkylation sites (tertiary alicyclic amines) is 2. The van der Waals surface area contributed by atoms with E-state index in [4.69, 9.17) is 0 Å². The molecule has 2 saturated heterocycles. The quantitative estimate of drug-likeness (QED) is 0.706. The number of ether oxygens (including phenoxy) is 1. The predicted octanol–water partition coefficient (Wildman–Crippen LogP) is 4.45. The molecule has 1 spiro atoms. The van der Waals surface area contributed by atoms with Gasteiger partial charge in [0.25, 0.3) is 6.10 Å². The zero-order chi connectivity index (χ0) is 22.2. The average molecular weight is 440 g/mol. The Bertz CT molecular complexity index is 745. The summed E-state index contributed by atoms with van der Waals surface area (Å²) >= 11 is 0. The molecule has 0 aliphatic carbocycles.